The highest BCUT2D eigenvalue weighted by Crippen LogP contribution is 2.35. The number of halogens is 1. The molecule has 0 radical (unpaired) electrons. The Balaban J connectivity index is 2.10. The molecular weight excluding hydrogens is 317 g/mol. The lowest BCUT2D eigenvalue weighted by atomic mass is 9.90. The fourth-order valence-corrected chi connectivity index (χ4v) is 3.92. The number of likely N-dealkylation sites (tertiary alicyclic amines) is 1. The molecule has 3 nitrogen and oxygen atoms in total. The van der Waals surface area contributed by atoms with Crippen molar-refractivity contribution in [2.45, 2.75) is 45.2 Å². The van der Waals surface area contributed by atoms with Gasteiger partial charge in [-0.05, 0) is 56.5 Å². The largest absolute Gasteiger partial charge is 0.480 e. The number of carboxylic acid groups (broad SMARTS) is 1. The van der Waals surface area contributed by atoms with E-state index in [-0.39, 0.29) is 11.9 Å². The lowest BCUT2D eigenvalue weighted by molar-refractivity contribution is -0.145. The van der Waals surface area contributed by atoms with Crippen LogP contribution in [-0.4, -0.2) is 28.6 Å². The van der Waals surface area contributed by atoms with Crippen LogP contribution in [0.2, 0.25) is 0 Å². The Morgan fingerprint density at radius 2 is 1.72 bits per heavy atom. The predicted molar refractivity (Wildman–Crippen MR) is 96.1 cm³/mol. The molecule has 1 saturated heterocycles. The van der Waals surface area contributed by atoms with Gasteiger partial charge < -0.3 is 5.11 Å². The maximum absolute atomic E-state index is 13.4. The number of aliphatic carboxylic acids is 1. The van der Waals surface area contributed by atoms with E-state index in [2.05, 4.69) is 23.1 Å². The van der Waals surface area contributed by atoms with E-state index in [4.69, 9.17) is 0 Å². The second kappa shape index (κ2) is 7.36. The smallest absolute Gasteiger partial charge is 0.320 e. The summed E-state index contributed by atoms with van der Waals surface area (Å²) in [7, 11) is 0. The Labute approximate surface area is 148 Å². The molecule has 25 heavy (non-hydrogen) atoms. The number of hydrogen-bond acceptors (Lipinski definition) is 2. The topological polar surface area (TPSA) is 40.5 Å². The first-order valence-electron chi connectivity index (χ1n) is 8.78. The van der Waals surface area contributed by atoms with Crippen LogP contribution in [0.25, 0.3) is 0 Å². The van der Waals surface area contributed by atoms with Crippen molar-refractivity contribution in [3.8, 4) is 0 Å². The van der Waals surface area contributed by atoms with Crippen LogP contribution in [0, 0.1) is 19.7 Å². The summed E-state index contributed by atoms with van der Waals surface area (Å²) in [4.78, 5) is 13.9. The molecule has 3 rings (SSSR count). The lowest BCUT2D eigenvalue weighted by Gasteiger charge is -2.40. The fourth-order valence-electron chi connectivity index (χ4n) is 3.92. The molecule has 2 aromatic carbocycles. The zero-order valence-corrected chi connectivity index (χ0v) is 14.7. The molecule has 2 aromatic rings. The third-order valence-corrected chi connectivity index (χ3v) is 4.91. The molecule has 0 spiro atoms. The number of piperidine rings is 1. The van der Waals surface area contributed by atoms with Crippen LogP contribution in [0.1, 0.15) is 47.6 Å². The Hall–Kier alpha value is -2.20. The van der Waals surface area contributed by atoms with Crippen molar-refractivity contribution in [3.05, 3.63) is 70.5 Å². The zero-order valence-electron chi connectivity index (χ0n) is 14.7. The van der Waals surface area contributed by atoms with Gasteiger partial charge >= 0.3 is 5.97 Å². The molecule has 0 aliphatic carbocycles. The summed E-state index contributed by atoms with van der Waals surface area (Å²) in [6.45, 7) is 4.82. The second-order valence-corrected chi connectivity index (χ2v) is 6.96. The molecule has 0 amide bonds. The summed E-state index contributed by atoms with van der Waals surface area (Å²) in [5, 5.41) is 9.70. The van der Waals surface area contributed by atoms with Gasteiger partial charge in [-0.2, -0.15) is 0 Å². The highest BCUT2D eigenvalue weighted by molar-refractivity contribution is 5.73. The predicted octanol–water partition coefficient (Wildman–Crippen LogP) is 4.47. The fraction of sp³-hybridized carbons (Fsp3) is 0.381. The van der Waals surface area contributed by atoms with Crippen LogP contribution in [0.15, 0.2) is 42.5 Å². The Bertz CT molecular complexity index is 737. The van der Waals surface area contributed by atoms with Crippen molar-refractivity contribution in [3.63, 3.8) is 0 Å². The molecule has 1 aliphatic heterocycles. The second-order valence-electron chi connectivity index (χ2n) is 6.96. The molecule has 0 aromatic heterocycles. The van der Waals surface area contributed by atoms with Gasteiger partial charge in [-0.15, -0.1) is 0 Å². The van der Waals surface area contributed by atoms with Gasteiger partial charge in [0.15, 0.2) is 0 Å². The molecule has 1 aliphatic rings. The zero-order chi connectivity index (χ0) is 18.0. The molecule has 1 fully saturated rings. The minimum Gasteiger partial charge on any atom is -0.480 e. The quantitative estimate of drug-likeness (QED) is 0.892. The van der Waals surface area contributed by atoms with Crippen molar-refractivity contribution in [2.75, 3.05) is 6.54 Å². The standard InChI is InChI=1S/C21H24FNO2/c1-14-11-15(2)13-17(12-14)20(16-6-8-18(22)9-7-16)23-10-4-3-5-19(23)21(24)25/h6-9,11-13,19-20H,3-5,10H2,1-2H3,(H,24,25). The average Bonchev–Trinajstić information content (AvgIpc) is 2.56. The number of nitrogens with zero attached hydrogens (tertiary/aromatic N) is 1. The molecule has 0 saturated carbocycles. The summed E-state index contributed by atoms with van der Waals surface area (Å²) < 4.78 is 13.4. The van der Waals surface area contributed by atoms with Crippen LogP contribution in [0.5, 0.6) is 0 Å². The van der Waals surface area contributed by atoms with E-state index in [9.17, 15) is 14.3 Å². The molecule has 1 N–H and O–H groups in total. The first kappa shape index (κ1) is 17.6. The van der Waals surface area contributed by atoms with Crippen LogP contribution in [0.4, 0.5) is 4.39 Å². The summed E-state index contributed by atoms with van der Waals surface area (Å²) in [6, 6.07) is 12.1. The Morgan fingerprint density at radius 3 is 2.32 bits per heavy atom. The average molecular weight is 341 g/mol. The van der Waals surface area contributed by atoms with Gasteiger partial charge in [0.2, 0.25) is 0 Å². The highest BCUT2D eigenvalue weighted by Gasteiger charge is 2.35. The van der Waals surface area contributed by atoms with Gasteiger partial charge in [0, 0.05) is 0 Å². The van der Waals surface area contributed by atoms with Crippen molar-refractivity contribution < 1.29 is 14.3 Å². The van der Waals surface area contributed by atoms with Crippen LogP contribution in [-0.2, 0) is 4.79 Å². The van der Waals surface area contributed by atoms with Crippen molar-refractivity contribution >= 4 is 5.97 Å². The van der Waals surface area contributed by atoms with Gasteiger partial charge in [0.1, 0.15) is 11.9 Å². The van der Waals surface area contributed by atoms with Crippen molar-refractivity contribution in [1.29, 1.82) is 0 Å². The van der Waals surface area contributed by atoms with Crippen molar-refractivity contribution in [1.82, 2.24) is 4.90 Å². The molecule has 1 heterocycles. The van der Waals surface area contributed by atoms with Gasteiger partial charge in [0.05, 0.1) is 6.04 Å². The maximum atomic E-state index is 13.4. The number of benzene rings is 2. The van der Waals surface area contributed by atoms with E-state index >= 15 is 0 Å². The van der Waals surface area contributed by atoms with Crippen LogP contribution < -0.4 is 0 Å². The van der Waals surface area contributed by atoms with Crippen LogP contribution >= 0.6 is 0 Å². The number of carboxylic acids is 1. The van der Waals surface area contributed by atoms with Gasteiger partial charge in [-0.3, -0.25) is 9.69 Å². The monoisotopic (exact) mass is 341 g/mol. The van der Waals surface area contributed by atoms with E-state index in [1.165, 1.54) is 12.1 Å². The summed E-state index contributed by atoms with van der Waals surface area (Å²) in [6.07, 6.45) is 2.56. The van der Waals surface area contributed by atoms with Crippen molar-refractivity contribution in [2.24, 2.45) is 0 Å². The molecule has 2 atom stereocenters. The summed E-state index contributed by atoms with van der Waals surface area (Å²) >= 11 is 0. The van der Waals surface area contributed by atoms with E-state index in [1.54, 1.807) is 12.1 Å². The highest BCUT2D eigenvalue weighted by atomic mass is 19.1. The minimum atomic E-state index is -0.781. The maximum Gasteiger partial charge on any atom is 0.320 e. The Kier molecular flexibility index (Phi) is 5.19. The number of rotatable bonds is 4. The number of carbonyl (C=O) groups is 1. The van der Waals surface area contributed by atoms with E-state index in [1.807, 2.05) is 13.8 Å². The number of aryl methyl sites for hydroxylation is 2. The minimum absolute atomic E-state index is 0.180. The van der Waals surface area contributed by atoms with E-state index in [0.29, 0.717) is 6.42 Å². The molecule has 4 heteroatoms. The molecule has 2 unspecified atom stereocenters. The van der Waals surface area contributed by atoms with Crippen LogP contribution in [0.3, 0.4) is 0 Å². The third-order valence-electron chi connectivity index (χ3n) is 4.91. The Morgan fingerprint density at radius 1 is 1.08 bits per heavy atom. The number of hydrogen-bond donors (Lipinski definition) is 1. The van der Waals surface area contributed by atoms with Gasteiger partial charge in [-0.25, -0.2) is 4.39 Å². The molecule has 0 bridgehead atoms. The normalized spacial score (nSPS) is 19.6. The molecule has 132 valence electrons. The van der Waals surface area contributed by atoms with Gasteiger partial charge in [-0.1, -0.05) is 47.9 Å². The van der Waals surface area contributed by atoms with Gasteiger partial charge in [0.25, 0.3) is 0 Å². The summed E-state index contributed by atoms with van der Waals surface area (Å²) in [5.74, 6) is -1.06. The molecular formula is C21H24FNO2. The first-order valence-corrected chi connectivity index (χ1v) is 8.78. The first-order chi connectivity index (χ1) is 12.0. The van der Waals surface area contributed by atoms with E-state index in [0.717, 1.165) is 41.6 Å². The lowest BCUT2D eigenvalue weighted by Crippen LogP contribution is -2.46. The SMILES string of the molecule is Cc1cc(C)cc(C(c2ccc(F)cc2)N2CCCCC2C(=O)O)c1. The van der Waals surface area contributed by atoms with E-state index < -0.39 is 12.0 Å². The summed E-state index contributed by atoms with van der Waals surface area (Å²) in [5.41, 5.74) is 4.29. The third kappa shape index (κ3) is 3.90.